The molecule has 3 aromatic rings. The van der Waals surface area contributed by atoms with Crippen molar-refractivity contribution in [2.75, 3.05) is 5.73 Å². The Balaban J connectivity index is 2.25. The van der Waals surface area contributed by atoms with Crippen LogP contribution in [-0.4, -0.2) is 20.2 Å². The minimum absolute atomic E-state index is 0.181. The van der Waals surface area contributed by atoms with Gasteiger partial charge in [0.25, 0.3) is 0 Å². The van der Waals surface area contributed by atoms with Gasteiger partial charge < -0.3 is 5.73 Å². The molecule has 0 atom stereocenters. The molecular weight excluding hydrogens is 276 g/mol. The van der Waals surface area contributed by atoms with Crippen LogP contribution in [0.1, 0.15) is 5.56 Å². The second-order valence-electron chi connectivity index (χ2n) is 4.55. The number of hydrogen-bond acceptors (Lipinski definition) is 4. The molecule has 5 nitrogen and oxygen atoms in total. The quantitative estimate of drug-likeness (QED) is 0.735. The van der Waals surface area contributed by atoms with Crippen LogP contribution < -0.4 is 5.73 Å². The Morgan fingerprint density at radius 2 is 1.95 bits per heavy atom. The summed E-state index contributed by atoms with van der Waals surface area (Å²) < 4.78 is 28.7. The van der Waals surface area contributed by atoms with E-state index >= 15 is 0 Å². The van der Waals surface area contributed by atoms with Crippen molar-refractivity contribution in [1.29, 1.82) is 0 Å². The molecule has 21 heavy (non-hydrogen) atoms. The molecule has 0 radical (unpaired) electrons. The van der Waals surface area contributed by atoms with Gasteiger partial charge in [-0.2, -0.15) is 4.68 Å². The standard InChI is InChI=1S/C14H11F2N5/c1-8-3-2-4-11(16)13(8)21-14(18-19-20-21)10-7-9(15)5-6-12(10)17/h2-7H,17H2,1H3. The molecule has 0 unspecified atom stereocenters. The number of nitrogen functional groups attached to an aromatic ring is 1. The Morgan fingerprint density at radius 1 is 1.14 bits per heavy atom. The van der Waals surface area contributed by atoms with E-state index < -0.39 is 11.6 Å². The Kier molecular flexibility index (Phi) is 3.09. The lowest BCUT2D eigenvalue weighted by Crippen LogP contribution is -2.06. The van der Waals surface area contributed by atoms with Gasteiger partial charge in [0.2, 0.25) is 0 Å². The molecule has 0 amide bonds. The Hall–Kier alpha value is -2.83. The number of hydrogen-bond donors (Lipinski definition) is 1. The number of nitrogens with zero attached hydrogens (tertiary/aromatic N) is 4. The smallest absolute Gasteiger partial charge is 0.189 e. The Labute approximate surface area is 119 Å². The summed E-state index contributed by atoms with van der Waals surface area (Å²) in [6, 6.07) is 8.50. The zero-order valence-corrected chi connectivity index (χ0v) is 11.1. The Morgan fingerprint density at radius 3 is 2.71 bits per heavy atom. The first kappa shape index (κ1) is 13.2. The lowest BCUT2D eigenvalue weighted by Gasteiger charge is -2.10. The lowest BCUT2D eigenvalue weighted by molar-refractivity contribution is 0.605. The topological polar surface area (TPSA) is 69.6 Å². The number of para-hydroxylation sites is 1. The summed E-state index contributed by atoms with van der Waals surface area (Å²) in [7, 11) is 0. The number of nitrogens with two attached hydrogens (primary N) is 1. The van der Waals surface area contributed by atoms with Crippen molar-refractivity contribution in [2.45, 2.75) is 6.92 Å². The van der Waals surface area contributed by atoms with Crippen molar-refractivity contribution in [1.82, 2.24) is 20.2 Å². The number of anilines is 1. The summed E-state index contributed by atoms with van der Waals surface area (Å²) >= 11 is 0. The van der Waals surface area contributed by atoms with Crippen molar-refractivity contribution < 1.29 is 8.78 Å². The molecule has 0 aliphatic heterocycles. The predicted octanol–water partition coefficient (Wildman–Crippen LogP) is 2.50. The third-order valence-electron chi connectivity index (χ3n) is 3.13. The maximum absolute atomic E-state index is 14.1. The van der Waals surface area contributed by atoms with Gasteiger partial charge >= 0.3 is 0 Å². The van der Waals surface area contributed by atoms with E-state index in [1.807, 2.05) is 0 Å². The lowest BCUT2D eigenvalue weighted by atomic mass is 10.1. The van der Waals surface area contributed by atoms with Crippen LogP contribution in [0, 0.1) is 18.6 Å². The number of benzene rings is 2. The van der Waals surface area contributed by atoms with Gasteiger partial charge in [-0.1, -0.05) is 12.1 Å². The van der Waals surface area contributed by atoms with Crippen LogP contribution in [0.4, 0.5) is 14.5 Å². The number of aryl methyl sites for hydroxylation is 1. The van der Waals surface area contributed by atoms with Crippen LogP contribution in [0.3, 0.4) is 0 Å². The summed E-state index contributed by atoms with van der Waals surface area (Å²) in [5, 5.41) is 11.2. The first-order chi connectivity index (χ1) is 10.1. The highest BCUT2D eigenvalue weighted by atomic mass is 19.1. The molecule has 1 aromatic heterocycles. The first-order valence-corrected chi connectivity index (χ1v) is 6.17. The zero-order valence-electron chi connectivity index (χ0n) is 11.1. The molecule has 0 saturated heterocycles. The van der Waals surface area contributed by atoms with Crippen LogP contribution in [-0.2, 0) is 0 Å². The molecule has 3 rings (SSSR count). The highest BCUT2D eigenvalue weighted by Crippen LogP contribution is 2.28. The monoisotopic (exact) mass is 287 g/mol. The van der Waals surface area contributed by atoms with Crippen LogP contribution in [0.2, 0.25) is 0 Å². The van der Waals surface area contributed by atoms with E-state index in [0.717, 1.165) is 0 Å². The first-order valence-electron chi connectivity index (χ1n) is 6.17. The van der Waals surface area contributed by atoms with Crippen LogP contribution in [0.5, 0.6) is 0 Å². The Bertz CT molecular complexity index is 793. The minimum Gasteiger partial charge on any atom is -0.398 e. The van der Waals surface area contributed by atoms with Crippen LogP contribution >= 0.6 is 0 Å². The van der Waals surface area contributed by atoms with Gasteiger partial charge in [0.1, 0.15) is 17.3 Å². The molecule has 0 saturated carbocycles. The van der Waals surface area contributed by atoms with Crippen LogP contribution in [0.15, 0.2) is 36.4 Å². The highest BCUT2D eigenvalue weighted by Gasteiger charge is 2.18. The van der Waals surface area contributed by atoms with E-state index in [2.05, 4.69) is 15.5 Å². The van der Waals surface area contributed by atoms with Gasteiger partial charge in [-0.25, -0.2) is 8.78 Å². The summed E-state index contributed by atoms with van der Waals surface area (Å²) in [5.41, 5.74) is 7.31. The second kappa shape index (κ2) is 4.93. The molecule has 0 fully saturated rings. The third kappa shape index (κ3) is 2.22. The fraction of sp³-hybridized carbons (Fsp3) is 0.0714. The largest absolute Gasteiger partial charge is 0.398 e. The van der Waals surface area contributed by atoms with Crippen molar-refractivity contribution in [3.8, 4) is 17.1 Å². The molecule has 0 aliphatic rings. The molecule has 0 aliphatic carbocycles. The number of rotatable bonds is 2. The van der Waals surface area contributed by atoms with Crippen molar-refractivity contribution >= 4 is 5.69 Å². The van der Waals surface area contributed by atoms with Gasteiger partial charge in [0, 0.05) is 11.3 Å². The van der Waals surface area contributed by atoms with Gasteiger partial charge in [-0.3, -0.25) is 0 Å². The van der Waals surface area contributed by atoms with E-state index in [9.17, 15) is 8.78 Å². The average Bonchev–Trinajstić information content (AvgIpc) is 2.90. The van der Waals surface area contributed by atoms with E-state index in [1.165, 1.54) is 28.9 Å². The van der Waals surface area contributed by atoms with E-state index in [-0.39, 0.29) is 11.5 Å². The van der Waals surface area contributed by atoms with Crippen LogP contribution in [0.25, 0.3) is 17.1 Å². The summed E-state index contributed by atoms with van der Waals surface area (Å²) in [6.45, 7) is 1.73. The van der Waals surface area contributed by atoms with E-state index in [0.29, 0.717) is 16.8 Å². The van der Waals surface area contributed by atoms with Crippen molar-refractivity contribution in [3.63, 3.8) is 0 Å². The fourth-order valence-corrected chi connectivity index (χ4v) is 2.12. The highest BCUT2D eigenvalue weighted by molar-refractivity contribution is 5.72. The van der Waals surface area contributed by atoms with Crippen molar-refractivity contribution in [2.24, 2.45) is 0 Å². The van der Waals surface area contributed by atoms with E-state index in [4.69, 9.17) is 5.73 Å². The molecular formula is C14H11F2N5. The molecule has 0 bridgehead atoms. The normalized spacial score (nSPS) is 10.8. The third-order valence-corrected chi connectivity index (χ3v) is 3.13. The van der Waals surface area contributed by atoms with Gasteiger partial charge in [-0.15, -0.1) is 5.10 Å². The SMILES string of the molecule is Cc1cccc(F)c1-n1nnnc1-c1cc(F)ccc1N. The zero-order chi connectivity index (χ0) is 15.0. The fourth-order valence-electron chi connectivity index (χ4n) is 2.12. The summed E-state index contributed by atoms with van der Waals surface area (Å²) in [6.07, 6.45) is 0. The average molecular weight is 287 g/mol. The molecule has 2 aromatic carbocycles. The summed E-state index contributed by atoms with van der Waals surface area (Å²) in [5.74, 6) is -0.766. The minimum atomic E-state index is -0.474. The number of aromatic nitrogens is 4. The summed E-state index contributed by atoms with van der Waals surface area (Å²) in [4.78, 5) is 0. The van der Waals surface area contributed by atoms with Crippen molar-refractivity contribution in [3.05, 3.63) is 53.6 Å². The molecule has 2 N–H and O–H groups in total. The predicted molar refractivity (Wildman–Crippen MR) is 73.7 cm³/mol. The van der Waals surface area contributed by atoms with Gasteiger partial charge in [0.15, 0.2) is 5.82 Å². The van der Waals surface area contributed by atoms with Gasteiger partial charge in [0.05, 0.1) is 0 Å². The second-order valence-corrected chi connectivity index (χ2v) is 4.55. The molecule has 106 valence electrons. The molecule has 0 spiro atoms. The molecule has 7 heteroatoms. The maximum atomic E-state index is 14.1. The molecule has 1 heterocycles. The van der Waals surface area contributed by atoms with Gasteiger partial charge in [-0.05, 0) is 47.2 Å². The maximum Gasteiger partial charge on any atom is 0.189 e. The number of halogens is 2. The number of tetrazole rings is 1. The van der Waals surface area contributed by atoms with E-state index in [1.54, 1.807) is 19.1 Å².